The van der Waals surface area contributed by atoms with Crippen molar-refractivity contribution in [2.24, 2.45) is 5.92 Å². The fourth-order valence-corrected chi connectivity index (χ4v) is 3.54. The van der Waals surface area contributed by atoms with Gasteiger partial charge in [0.2, 0.25) is 5.91 Å². The summed E-state index contributed by atoms with van der Waals surface area (Å²) in [6.07, 6.45) is 3.13. The Bertz CT molecular complexity index is 450. The second-order valence-corrected chi connectivity index (χ2v) is 6.52. The fraction of sp³-hybridized carbons (Fsp3) is 0.562. The van der Waals surface area contributed by atoms with Crippen molar-refractivity contribution >= 4 is 17.7 Å². The summed E-state index contributed by atoms with van der Waals surface area (Å²) < 4.78 is 0. The summed E-state index contributed by atoms with van der Waals surface area (Å²) in [6.45, 7) is 2.26. The first kappa shape index (κ1) is 15.4. The van der Waals surface area contributed by atoms with E-state index in [1.807, 2.05) is 0 Å². The van der Waals surface area contributed by atoms with Crippen LogP contribution >= 0.6 is 11.8 Å². The van der Waals surface area contributed by atoms with Gasteiger partial charge in [-0.2, -0.15) is 0 Å². The van der Waals surface area contributed by atoms with Crippen LogP contribution in [0.1, 0.15) is 30.4 Å². The third-order valence-electron chi connectivity index (χ3n) is 3.82. The molecule has 0 heterocycles. The molecule has 0 spiro atoms. The molecule has 2 rings (SSSR count). The minimum Gasteiger partial charge on any atom is -0.396 e. The number of aliphatic hydroxyl groups excluding tert-OH is 1. The van der Waals surface area contributed by atoms with Gasteiger partial charge in [0.05, 0.1) is 5.75 Å². The monoisotopic (exact) mass is 293 g/mol. The van der Waals surface area contributed by atoms with Crippen LogP contribution < -0.4 is 5.32 Å². The molecular formula is C16H23NO2S. The SMILES string of the molecule is Cc1cccc(CSCC(=O)NC2CCCC2CO)c1. The Labute approximate surface area is 125 Å². The van der Waals surface area contributed by atoms with Crippen LogP contribution in [0.15, 0.2) is 24.3 Å². The minimum absolute atomic E-state index is 0.0907. The van der Waals surface area contributed by atoms with E-state index in [-0.39, 0.29) is 24.5 Å². The predicted molar refractivity (Wildman–Crippen MR) is 83.7 cm³/mol. The quantitative estimate of drug-likeness (QED) is 0.847. The molecule has 2 atom stereocenters. The van der Waals surface area contributed by atoms with Gasteiger partial charge in [0, 0.05) is 24.3 Å². The first-order valence-corrected chi connectivity index (χ1v) is 8.38. The Hall–Kier alpha value is -1.00. The maximum absolute atomic E-state index is 11.9. The van der Waals surface area contributed by atoms with Crippen molar-refractivity contribution < 1.29 is 9.90 Å². The van der Waals surface area contributed by atoms with Crippen molar-refractivity contribution in [3.05, 3.63) is 35.4 Å². The van der Waals surface area contributed by atoms with Gasteiger partial charge in [-0.05, 0) is 25.3 Å². The molecule has 20 heavy (non-hydrogen) atoms. The Balaban J connectivity index is 1.70. The fourth-order valence-electron chi connectivity index (χ4n) is 2.76. The molecule has 110 valence electrons. The minimum atomic E-state index is 0.0907. The van der Waals surface area contributed by atoms with E-state index in [4.69, 9.17) is 0 Å². The van der Waals surface area contributed by atoms with Crippen molar-refractivity contribution in [2.45, 2.75) is 38.0 Å². The highest BCUT2D eigenvalue weighted by atomic mass is 32.2. The topological polar surface area (TPSA) is 49.3 Å². The third-order valence-corrected chi connectivity index (χ3v) is 4.83. The van der Waals surface area contributed by atoms with Gasteiger partial charge in [-0.25, -0.2) is 0 Å². The highest BCUT2D eigenvalue weighted by molar-refractivity contribution is 7.99. The molecule has 1 saturated carbocycles. The van der Waals surface area contributed by atoms with Crippen molar-refractivity contribution in [2.75, 3.05) is 12.4 Å². The van der Waals surface area contributed by atoms with E-state index < -0.39 is 0 Å². The largest absolute Gasteiger partial charge is 0.396 e. The highest BCUT2D eigenvalue weighted by Gasteiger charge is 2.27. The zero-order valence-corrected chi connectivity index (χ0v) is 12.8. The summed E-state index contributed by atoms with van der Waals surface area (Å²) in [6, 6.07) is 8.55. The van der Waals surface area contributed by atoms with Crippen molar-refractivity contribution in [1.29, 1.82) is 0 Å². The maximum atomic E-state index is 11.9. The van der Waals surface area contributed by atoms with Gasteiger partial charge in [-0.3, -0.25) is 4.79 Å². The summed E-state index contributed by atoms with van der Waals surface area (Å²) in [5, 5.41) is 12.3. The molecule has 3 nitrogen and oxygen atoms in total. The number of rotatable bonds is 6. The van der Waals surface area contributed by atoms with E-state index in [1.54, 1.807) is 11.8 Å². The molecule has 1 aromatic carbocycles. The number of thioether (sulfide) groups is 1. The molecule has 2 unspecified atom stereocenters. The van der Waals surface area contributed by atoms with Crippen molar-refractivity contribution in [3.8, 4) is 0 Å². The number of aryl methyl sites for hydroxylation is 1. The van der Waals surface area contributed by atoms with Gasteiger partial charge in [-0.15, -0.1) is 11.8 Å². The first-order chi connectivity index (χ1) is 9.69. The van der Waals surface area contributed by atoms with Gasteiger partial charge in [0.1, 0.15) is 0 Å². The zero-order chi connectivity index (χ0) is 14.4. The van der Waals surface area contributed by atoms with Crippen molar-refractivity contribution in [3.63, 3.8) is 0 Å². The summed E-state index contributed by atoms with van der Waals surface area (Å²) in [5.41, 5.74) is 2.51. The van der Waals surface area contributed by atoms with Gasteiger partial charge in [0.15, 0.2) is 0 Å². The molecular weight excluding hydrogens is 270 g/mol. The zero-order valence-electron chi connectivity index (χ0n) is 12.0. The number of carbonyl (C=O) groups excluding carboxylic acids is 1. The lowest BCUT2D eigenvalue weighted by Crippen LogP contribution is -2.39. The lowest BCUT2D eigenvalue weighted by atomic mass is 10.1. The molecule has 1 amide bonds. The van der Waals surface area contributed by atoms with Crippen LogP contribution in [0.5, 0.6) is 0 Å². The van der Waals surface area contributed by atoms with Gasteiger partial charge in [-0.1, -0.05) is 36.2 Å². The van der Waals surface area contributed by atoms with Crippen LogP contribution in [-0.2, 0) is 10.5 Å². The molecule has 1 aliphatic carbocycles. The van der Waals surface area contributed by atoms with Crippen LogP contribution in [0, 0.1) is 12.8 Å². The number of hydrogen-bond donors (Lipinski definition) is 2. The molecule has 1 aliphatic rings. The molecule has 1 fully saturated rings. The molecule has 4 heteroatoms. The number of carbonyl (C=O) groups is 1. The Morgan fingerprint density at radius 1 is 1.45 bits per heavy atom. The average Bonchev–Trinajstić information content (AvgIpc) is 2.86. The summed E-state index contributed by atoms with van der Waals surface area (Å²) in [7, 11) is 0. The average molecular weight is 293 g/mol. The summed E-state index contributed by atoms with van der Waals surface area (Å²) in [4.78, 5) is 11.9. The number of amides is 1. The van der Waals surface area contributed by atoms with Gasteiger partial charge >= 0.3 is 0 Å². The normalized spacial score (nSPS) is 21.9. The van der Waals surface area contributed by atoms with Gasteiger partial charge in [0.25, 0.3) is 0 Å². The standard InChI is InChI=1S/C16H23NO2S/c1-12-4-2-5-13(8-12)10-20-11-16(19)17-15-7-3-6-14(15)9-18/h2,4-5,8,14-15,18H,3,6-7,9-11H2,1H3,(H,17,19). The maximum Gasteiger partial charge on any atom is 0.230 e. The number of benzene rings is 1. The molecule has 0 saturated heterocycles. The van der Waals surface area contributed by atoms with E-state index >= 15 is 0 Å². The van der Waals surface area contributed by atoms with E-state index in [0.717, 1.165) is 25.0 Å². The van der Waals surface area contributed by atoms with E-state index in [2.05, 4.69) is 36.5 Å². The van der Waals surface area contributed by atoms with Crippen LogP contribution in [0.2, 0.25) is 0 Å². The summed E-state index contributed by atoms with van der Waals surface area (Å²) >= 11 is 1.64. The first-order valence-electron chi connectivity index (χ1n) is 7.22. The number of hydrogen-bond acceptors (Lipinski definition) is 3. The van der Waals surface area contributed by atoms with Gasteiger partial charge < -0.3 is 10.4 Å². The predicted octanol–water partition coefficient (Wildman–Crippen LogP) is 2.51. The molecule has 1 aromatic rings. The molecule has 2 N–H and O–H groups in total. The molecule has 0 radical (unpaired) electrons. The van der Waals surface area contributed by atoms with E-state index in [1.165, 1.54) is 11.1 Å². The van der Waals surface area contributed by atoms with Crippen LogP contribution in [0.25, 0.3) is 0 Å². The van der Waals surface area contributed by atoms with E-state index in [9.17, 15) is 9.90 Å². The summed E-state index contributed by atoms with van der Waals surface area (Å²) in [5.74, 6) is 1.69. The third kappa shape index (κ3) is 4.53. The second-order valence-electron chi connectivity index (χ2n) is 5.53. The number of aliphatic hydroxyl groups is 1. The Morgan fingerprint density at radius 3 is 3.05 bits per heavy atom. The molecule has 0 aliphatic heterocycles. The Morgan fingerprint density at radius 2 is 2.30 bits per heavy atom. The van der Waals surface area contributed by atoms with Crippen LogP contribution in [0.3, 0.4) is 0 Å². The van der Waals surface area contributed by atoms with Crippen LogP contribution in [-0.4, -0.2) is 29.4 Å². The van der Waals surface area contributed by atoms with Crippen LogP contribution in [0.4, 0.5) is 0 Å². The Kier molecular flexibility index (Phi) is 5.92. The highest BCUT2D eigenvalue weighted by Crippen LogP contribution is 2.25. The number of nitrogens with one attached hydrogen (secondary N) is 1. The second kappa shape index (κ2) is 7.70. The lowest BCUT2D eigenvalue weighted by molar-refractivity contribution is -0.119. The lowest BCUT2D eigenvalue weighted by Gasteiger charge is -2.18. The van der Waals surface area contributed by atoms with E-state index in [0.29, 0.717) is 5.75 Å². The van der Waals surface area contributed by atoms with Crippen molar-refractivity contribution in [1.82, 2.24) is 5.32 Å². The smallest absolute Gasteiger partial charge is 0.230 e. The molecule has 0 bridgehead atoms. The molecule has 0 aromatic heterocycles.